The molecule has 0 aliphatic carbocycles. The summed E-state index contributed by atoms with van der Waals surface area (Å²) in [5, 5.41) is 20.1. The van der Waals surface area contributed by atoms with Crippen LogP contribution in [0, 0.1) is 0 Å². The van der Waals surface area contributed by atoms with E-state index in [1.54, 1.807) is 24.3 Å². The number of carbonyl (C=O) groups excluding carboxylic acids is 1. The van der Waals surface area contributed by atoms with Crippen LogP contribution < -0.4 is 5.73 Å². The van der Waals surface area contributed by atoms with Gasteiger partial charge in [-0.15, -0.1) is 0 Å². The smallest absolute Gasteiger partial charge is 0.253 e. The van der Waals surface area contributed by atoms with E-state index in [4.69, 9.17) is 5.73 Å². The first-order valence-corrected chi connectivity index (χ1v) is 4.34. The van der Waals surface area contributed by atoms with Crippen LogP contribution in [0.1, 0.15) is 10.4 Å². The highest BCUT2D eigenvalue weighted by Crippen LogP contribution is 2.35. The first-order chi connectivity index (χ1) is 7.11. The number of carbonyl (C=O) groups is 1. The molecule has 0 bridgehead atoms. The van der Waals surface area contributed by atoms with Gasteiger partial charge in [-0.25, -0.2) is 0 Å². The summed E-state index contributed by atoms with van der Waals surface area (Å²) in [5.41, 5.74) is 5.09. The minimum Gasteiger partial charge on any atom is -0.504 e. The van der Waals surface area contributed by atoms with Crippen molar-refractivity contribution in [3.05, 3.63) is 35.9 Å². The van der Waals surface area contributed by atoms with Crippen LogP contribution in [0.4, 0.5) is 0 Å². The van der Waals surface area contributed by atoms with Gasteiger partial charge in [-0.1, -0.05) is 24.3 Å². The van der Waals surface area contributed by atoms with E-state index in [1.807, 2.05) is 0 Å². The Hall–Kier alpha value is -2.23. The monoisotopic (exact) mass is 203 g/mol. The number of rotatable bonds is 1. The van der Waals surface area contributed by atoms with Crippen molar-refractivity contribution < 1.29 is 15.0 Å². The van der Waals surface area contributed by atoms with Gasteiger partial charge in [0.25, 0.3) is 5.91 Å². The van der Waals surface area contributed by atoms with Gasteiger partial charge >= 0.3 is 0 Å². The second kappa shape index (κ2) is 3.16. The molecule has 15 heavy (non-hydrogen) atoms. The molecule has 76 valence electrons. The highest BCUT2D eigenvalue weighted by molar-refractivity contribution is 6.09. The number of hydrogen-bond donors (Lipinski definition) is 3. The van der Waals surface area contributed by atoms with E-state index >= 15 is 0 Å². The Balaban J connectivity index is 2.95. The molecule has 0 unspecified atom stereocenters. The Kier molecular flexibility index (Phi) is 1.97. The van der Waals surface area contributed by atoms with Crippen LogP contribution in [-0.2, 0) is 0 Å². The lowest BCUT2D eigenvalue weighted by Gasteiger charge is -2.07. The third-order valence-corrected chi connectivity index (χ3v) is 2.25. The zero-order valence-electron chi connectivity index (χ0n) is 7.77. The largest absolute Gasteiger partial charge is 0.504 e. The van der Waals surface area contributed by atoms with E-state index in [2.05, 4.69) is 0 Å². The normalized spacial score (nSPS) is 10.4. The van der Waals surface area contributed by atoms with Crippen molar-refractivity contribution in [2.75, 3.05) is 0 Å². The maximum atomic E-state index is 11.1. The average molecular weight is 203 g/mol. The van der Waals surface area contributed by atoms with Crippen LogP contribution in [-0.4, -0.2) is 16.1 Å². The van der Waals surface area contributed by atoms with Gasteiger partial charge < -0.3 is 15.9 Å². The van der Waals surface area contributed by atoms with Gasteiger partial charge in [0.15, 0.2) is 11.5 Å². The van der Waals surface area contributed by atoms with E-state index in [0.717, 1.165) is 0 Å². The van der Waals surface area contributed by atoms with Crippen molar-refractivity contribution in [2.24, 2.45) is 5.73 Å². The lowest BCUT2D eigenvalue weighted by molar-refractivity contribution is 0.0999. The van der Waals surface area contributed by atoms with Crippen molar-refractivity contribution in [2.45, 2.75) is 0 Å². The molecule has 2 aromatic carbocycles. The Bertz CT molecular complexity index is 549. The van der Waals surface area contributed by atoms with Crippen molar-refractivity contribution in [1.82, 2.24) is 0 Å². The van der Waals surface area contributed by atoms with Crippen molar-refractivity contribution in [3.63, 3.8) is 0 Å². The van der Waals surface area contributed by atoms with E-state index in [0.29, 0.717) is 10.8 Å². The minimum atomic E-state index is -0.764. The third-order valence-electron chi connectivity index (χ3n) is 2.25. The van der Waals surface area contributed by atoms with Crippen LogP contribution >= 0.6 is 0 Å². The fourth-order valence-electron chi connectivity index (χ4n) is 1.57. The first kappa shape index (κ1) is 9.33. The predicted octanol–water partition coefficient (Wildman–Crippen LogP) is 1.35. The topological polar surface area (TPSA) is 83.6 Å². The summed E-state index contributed by atoms with van der Waals surface area (Å²) in [6.45, 7) is 0. The second-order valence-corrected chi connectivity index (χ2v) is 3.20. The summed E-state index contributed by atoms with van der Waals surface area (Å²) in [4.78, 5) is 11.1. The molecule has 2 rings (SSSR count). The molecule has 0 saturated carbocycles. The number of nitrogens with two attached hydrogens (primary N) is 1. The molecule has 0 aromatic heterocycles. The third kappa shape index (κ3) is 1.36. The van der Waals surface area contributed by atoms with Crippen LogP contribution in [0.2, 0.25) is 0 Å². The molecule has 1 amide bonds. The first-order valence-electron chi connectivity index (χ1n) is 4.34. The fourth-order valence-corrected chi connectivity index (χ4v) is 1.57. The molecule has 0 saturated heterocycles. The Morgan fingerprint density at radius 3 is 2.53 bits per heavy atom. The summed E-state index contributed by atoms with van der Waals surface area (Å²) in [5.74, 6) is -1.58. The number of primary amides is 1. The molecule has 2 aromatic rings. The van der Waals surface area contributed by atoms with Crippen LogP contribution in [0.5, 0.6) is 11.5 Å². The van der Waals surface area contributed by atoms with Gasteiger partial charge in [0, 0.05) is 0 Å². The van der Waals surface area contributed by atoms with Crippen LogP contribution in [0.3, 0.4) is 0 Å². The van der Waals surface area contributed by atoms with Crippen LogP contribution in [0.15, 0.2) is 30.3 Å². The van der Waals surface area contributed by atoms with E-state index < -0.39 is 11.7 Å². The zero-order valence-corrected chi connectivity index (χ0v) is 7.77. The highest BCUT2D eigenvalue weighted by Gasteiger charge is 2.15. The lowest BCUT2D eigenvalue weighted by atomic mass is 10.0. The maximum Gasteiger partial charge on any atom is 0.253 e. The molecule has 0 aliphatic heterocycles. The quantitative estimate of drug-likeness (QED) is 0.611. The van der Waals surface area contributed by atoms with E-state index in [1.165, 1.54) is 6.07 Å². The Labute approximate surface area is 85.6 Å². The highest BCUT2D eigenvalue weighted by atomic mass is 16.3. The molecular weight excluding hydrogens is 194 g/mol. The predicted molar refractivity (Wildman–Crippen MR) is 55.8 cm³/mol. The number of benzene rings is 2. The Morgan fingerprint density at radius 2 is 1.87 bits per heavy atom. The number of fused-ring (bicyclic) bond motifs is 1. The van der Waals surface area contributed by atoms with Crippen molar-refractivity contribution >= 4 is 16.7 Å². The number of aromatic hydroxyl groups is 2. The summed E-state index contributed by atoms with van der Waals surface area (Å²) in [6, 6.07) is 8.27. The zero-order chi connectivity index (χ0) is 11.0. The number of amides is 1. The second-order valence-electron chi connectivity index (χ2n) is 3.20. The van der Waals surface area contributed by atoms with Crippen molar-refractivity contribution in [1.29, 1.82) is 0 Å². The Morgan fingerprint density at radius 1 is 1.20 bits per heavy atom. The van der Waals surface area contributed by atoms with Gasteiger partial charge in [0.2, 0.25) is 0 Å². The molecular formula is C11H9NO3. The van der Waals surface area contributed by atoms with Gasteiger partial charge in [0.1, 0.15) is 0 Å². The molecule has 0 atom stereocenters. The maximum absolute atomic E-state index is 11.1. The standard InChI is InChI=1S/C11H9NO3/c12-11(15)9-7-4-2-1-3-6(7)5-8(13)10(9)14/h1-5,13-14H,(H2,12,15). The van der Waals surface area contributed by atoms with Crippen LogP contribution in [0.25, 0.3) is 10.8 Å². The summed E-state index contributed by atoms with van der Waals surface area (Å²) >= 11 is 0. The number of hydrogen-bond acceptors (Lipinski definition) is 3. The summed E-state index contributed by atoms with van der Waals surface area (Å²) in [6.07, 6.45) is 0. The molecule has 0 aliphatic rings. The van der Waals surface area contributed by atoms with Gasteiger partial charge in [-0.2, -0.15) is 0 Å². The summed E-state index contributed by atoms with van der Waals surface area (Å²) < 4.78 is 0. The molecule has 4 heteroatoms. The van der Waals surface area contributed by atoms with Crippen molar-refractivity contribution in [3.8, 4) is 11.5 Å². The van der Waals surface area contributed by atoms with Gasteiger partial charge in [-0.05, 0) is 16.8 Å². The summed E-state index contributed by atoms with van der Waals surface area (Å²) in [7, 11) is 0. The molecule has 0 fully saturated rings. The van der Waals surface area contributed by atoms with E-state index in [-0.39, 0.29) is 11.3 Å². The van der Waals surface area contributed by atoms with E-state index in [9.17, 15) is 15.0 Å². The molecule has 0 spiro atoms. The fraction of sp³-hybridized carbons (Fsp3) is 0. The molecule has 4 nitrogen and oxygen atoms in total. The molecule has 0 heterocycles. The molecule has 4 N–H and O–H groups in total. The lowest BCUT2D eigenvalue weighted by Crippen LogP contribution is -2.11. The van der Waals surface area contributed by atoms with Gasteiger partial charge in [0.05, 0.1) is 5.56 Å². The number of phenols is 2. The average Bonchev–Trinajstić information content (AvgIpc) is 2.19. The number of phenolic OH excluding ortho intramolecular Hbond substituents is 1. The van der Waals surface area contributed by atoms with Gasteiger partial charge in [-0.3, -0.25) is 4.79 Å². The minimum absolute atomic E-state index is 0.0504. The molecule has 0 radical (unpaired) electrons. The SMILES string of the molecule is NC(=O)c1c(O)c(O)cc2ccccc12.